The van der Waals surface area contributed by atoms with Gasteiger partial charge in [0.25, 0.3) is 5.91 Å². The van der Waals surface area contributed by atoms with Crippen LogP contribution in [0.3, 0.4) is 0 Å². The molecule has 30 heavy (non-hydrogen) atoms. The Morgan fingerprint density at radius 2 is 1.87 bits per heavy atom. The second-order valence-corrected chi connectivity index (χ2v) is 6.78. The number of hydrogen-bond acceptors (Lipinski definition) is 8. The Hall–Kier alpha value is -3.59. The quantitative estimate of drug-likeness (QED) is 0.540. The summed E-state index contributed by atoms with van der Waals surface area (Å²) in [7, 11) is 1.30. The van der Waals surface area contributed by atoms with Crippen LogP contribution in [-0.2, 0) is 14.3 Å². The average Bonchev–Trinajstić information content (AvgIpc) is 3.42. The normalized spacial score (nSPS) is 10.3. The van der Waals surface area contributed by atoms with Gasteiger partial charge in [-0.3, -0.25) is 4.79 Å². The molecule has 156 valence electrons. The minimum Gasteiger partial charge on any atom is -0.484 e. The topological polar surface area (TPSA) is 104 Å². The monoisotopic (exact) mass is 429 g/mol. The molecular formula is C21H19NO7S. The Bertz CT molecular complexity index is 1020. The Kier molecular flexibility index (Phi) is 6.87. The molecule has 0 saturated heterocycles. The molecule has 9 heteroatoms. The van der Waals surface area contributed by atoms with Crippen LogP contribution < -0.4 is 10.1 Å². The molecule has 0 aliphatic rings. The summed E-state index contributed by atoms with van der Waals surface area (Å²) in [5, 5.41) is 4.74. The van der Waals surface area contributed by atoms with Crippen LogP contribution >= 0.6 is 11.3 Å². The lowest BCUT2D eigenvalue weighted by atomic mass is 10.1. The molecule has 2 heterocycles. The predicted octanol–water partition coefficient (Wildman–Crippen LogP) is 3.99. The van der Waals surface area contributed by atoms with Crippen molar-refractivity contribution < 1.29 is 33.0 Å². The van der Waals surface area contributed by atoms with Gasteiger partial charge in [-0.1, -0.05) is 0 Å². The van der Waals surface area contributed by atoms with Gasteiger partial charge < -0.3 is 23.9 Å². The third-order valence-electron chi connectivity index (χ3n) is 3.96. The first-order valence-corrected chi connectivity index (χ1v) is 9.85. The number of nitrogens with one attached hydrogen (secondary N) is 1. The Labute approximate surface area is 176 Å². The van der Waals surface area contributed by atoms with E-state index in [2.05, 4.69) is 10.1 Å². The van der Waals surface area contributed by atoms with Crippen molar-refractivity contribution in [2.24, 2.45) is 0 Å². The molecule has 0 bridgehead atoms. The number of benzene rings is 1. The van der Waals surface area contributed by atoms with Gasteiger partial charge in [-0.2, -0.15) is 0 Å². The Morgan fingerprint density at radius 1 is 1.10 bits per heavy atom. The largest absolute Gasteiger partial charge is 0.484 e. The van der Waals surface area contributed by atoms with Gasteiger partial charge in [0.2, 0.25) is 0 Å². The van der Waals surface area contributed by atoms with E-state index in [9.17, 15) is 14.4 Å². The van der Waals surface area contributed by atoms with Gasteiger partial charge in [0.15, 0.2) is 6.61 Å². The number of carbonyl (C=O) groups is 3. The van der Waals surface area contributed by atoms with E-state index >= 15 is 0 Å². The first kappa shape index (κ1) is 21.1. The van der Waals surface area contributed by atoms with E-state index in [1.807, 2.05) is 0 Å². The lowest BCUT2D eigenvalue weighted by Gasteiger charge is -2.09. The zero-order valence-corrected chi connectivity index (χ0v) is 17.1. The number of furan rings is 1. The Balaban J connectivity index is 1.69. The summed E-state index contributed by atoms with van der Waals surface area (Å²) in [6, 6.07) is 9.62. The Morgan fingerprint density at radius 3 is 2.50 bits per heavy atom. The maximum Gasteiger partial charge on any atom is 0.341 e. The second kappa shape index (κ2) is 9.75. The first-order valence-electron chi connectivity index (χ1n) is 8.97. The van der Waals surface area contributed by atoms with Gasteiger partial charge >= 0.3 is 11.9 Å². The number of hydrogen-bond donors (Lipinski definition) is 1. The van der Waals surface area contributed by atoms with Crippen LogP contribution in [0.5, 0.6) is 5.75 Å². The van der Waals surface area contributed by atoms with Crippen molar-refractivity contribution in [3.05, 3.63) is 59.2 Å². The van der Waals surface area contributed by atoms with E-state index < -0.39 is 17.8 Å². The van der Waals surface area contributed by atoms with Gasteiger partial charge in [0.1, 0.15) is 22.1 Å². The van der Waals surface area contributed by atoms with Crippen LogP contribution in [0, 0.1) is 0 Å². The molecule has 0 unspecified atom stereocenters. The van der Waals surface area contributed by atoms with Crippen molar-refractivity contribution in [3.63, 3.8) is 0 Å². The third-order valence-corrected chi connectivity index (χ3v) is 4.85. The number of amides is 1. The van der Waals surface area contributed by atoms with Gasteiger partial charge in [-0.05, 0) is 43.3 Å². The van der Waals surface area contributed by atoms with Gasteiger partial charge in [0.05, 0.1) is 25.5 Å². The minimum absolute atomic E-state index is 0.199. The van der Waals surface area contributed by atoms with E-state index in [0.29, 0.717) is 27.6 Å². The lowest BCUT2D eigenvalue weighted by Crippen LogP contribution is -2.21. The molecule has 0 radical (unpaired) electrons. The number of ether oxygens (including phenoxy) is 3. The number of rotatable bonds is 8. The summed E-state index contributed by atoms with van der Waals surface area (Å²) in [5.74, 6) is -0.566. The minimum atomic E-state index is -0.556. The number of anilines is 1. The highest BCUT2D eigenvalue weighted by Gasteiger charge is 2.24. The van der Waals surface area contributed by atoms with Crippen molar-refractivity contribution in [2.75, 3.05) is 25.6 Å². The molecule has 3 aromatic rings. The van der Waals surface area contributed by atoms with Crippen molar-refractivity contribution in [1.29, 1.82) is 0 Å². The SMILES string of the molecule is CCOC(=O)c1c(-c2ccco2)csc1NC(=O)COc1ccc(C(=O)OC)cc1. The molecule has 0 aliphatic carbocycles. The van der Waals surface area contributed by atoms with Gasteiger partial charge in [-0.15, -0.1) is 11.3 Å². The molecule has 1 amide bonds. The highest BCUT2D eigenvalue weighted by molar-refractivity contribution is 7.15. The fourth-order valence-corrected chi connectivity index (χ4v) is 3.54. The summed E-state index contributed by atoms with van der Waals surface area (Å²) in [4.78, 5) is 36.2. The summed E-state index contributed by atoms with van der Waals surface area (Å²) >= 11 is 1.19. The lowest BCUT2D eigenvalue weighted by molar-refractivity contribution is -0.118. The van der Waals surface area contributed by atoms with Crippen LogP contribution in [0.1, 0.15) is 27.6 Å². The molecule has 1 N–H and O–H groups in total. The smallest absolute Gasteiger partial charge is 0.341 e. The molecule has 8 nitrogen and oxygen atoms in total. The molecule has 1 aromatic carbocycles. The van der Waals surface area contributed by atoms with Gasteiger partial charge in [-0.25, -0.2) is 9.59 Å². The molecular weight excluding hydrogens is 410 g/mol. The standard InChI is InChI=1S/C21H19NO7S/c1-3-27-21(25)18-15(16-5-4-10-28-16)12-30-19(18)22-17(23)11-29-14-8-6-13(7-9-14)20(24)26-2/h4-10,12H,3,11H2,1-2H3,(H,22,23). The number of carbonyl (C=O) groups excluding carboxylic acids is 3. The average molecular weight is 429 g/mol. The number of esters is 2. The fraction of sp³-hybridized carbons (Fsp3) is 0.190. The van der Waals surface area contributed by atoms with E-state index in [1.165, 1.54) is 36.8 Å². The van der Waals surface area contributed by atoms with Gasteiger partial charge in [0, 0.05) is 10.9 Å². The fourth-order valence-electron chi connectivity index (χ4n) is 2.59. The van der Waals surface area contributed by atoms with Crippen molar-refractivity contribution in [3.8, 4) is 17.1 Å². The maximum atomic E-state index is 12.4. The molecule has 2 aromatic heterocycles. The van der Waals surface area contributed by atoms with E-state index in [4.69, 9.17) is 13.9 Å². The molecule has 0 aliphatic heterocycles. The zero-order chi connectivity index (χ0) is 21.5. The van der Waals surface area contributed by atoms with Crippen molar-refractivity contribution >= 4 is 34.2 Å². The third kappa shape index (κ3) is 4.87. The van der Waals surface area contributed by atoms with E-state index in [0.717, 1.165) is 0 Å². The van der Waals surface area contributed by atoms with Crippen LogP contribution in [-0.4, -0.2) is 38.2 Å². The molecule has 0 saturated carbocycles. The van der Waals surface area contributed by atoms with E-state index in [-0.39, 0.29) is 18.8 Å². The summed E-state index contributed by atoms with van der Waals surface area (Å²) in [6.07, 6.45) is 1.50. The highest BCUT2D eigenvalue weighted by Crippen LogP contribution is 2.36. The first-order chi connectivity index (χ1) is 14.5. The predicted molar refractivity (Wildman–Crippen MR) is 110 cm³/mol. The van der Waals surface area contributed by atoms with Crippen LogP contribution in [0.25, 0.3) is 11.3 Å². The summed E-state index contributed by atoms with van der Waals surface area (Å²) in [6.45, 7) is 1.62. The van der Waals surface area contributed by atoms with Crippen LogP contribution in [0.15, 0.2) is 52.5 Å². The number of methoxy groups -OCH3 is 1. The van der Waals surface area contributed by atoms with Crippen molar-refractivity contribution in [2.45, 2.75) is 6.92 Å². The van der Waals surface area contributed by atoms with Crippen molar-refractivity contribution in [1.82, 2.24) is 0 Å². The summed E-state index contributed by atoms with van der Waals surface area (Å²) < 4.78 is 20.6. The second-order valence-electron chi connectivity index (χ2n) is 5.90. The van der Waals surface area contributed by atoms with E-state index in [1.54, 1.807) is 36.6 Å². The zero-order valence-electron chi connectivity index (χ0n) is 16.3. The van der Waals surface area contributed by atoms with Crippen LogP contribution in [0.2, 0.25) is 0 Å². The molecule has 0 fully saturated rings. The molecule has 3 rings (SSSR count). The summed E-state index contributed by atoms with van der Waals surface area (Å²) in [5.41, 5.74) is 1.14. The number of thiophene rings is 1. The van der Waals surface area contributed by atoms with Crippen LogP contribution in [0.4, 0.5) is 5.00 Å². The highest BCUT2D eigenvalue weighted by atomic mass is 32.1. The maximum absolute atomic E-state index is 12.4. The molecule has 0 spiro atoms. The molecule has 0 atom stereocenters.